The molecule has 1 atom stereocenters. The van der Waals surface area contributed by atoms with Crippen LogP contribution in [-0.4, -0.2) is 30.8 Å². The van der Waals surface area contributed by atoms with Gasteiger partial charge in [-0.3, -0.25) is 14.4 Å². The summed E-state index contributed by atoms with van der Waals surface area (Å²) in [6.45, 7) is 0.355. The predicted octanol–water partition coefficient (Wildman–Crippen LogP) is 3.89. The standard InChI is InChI=1S/C26H29N3O5/c1-27-26(32)23(19-6-3-2-4-7-19)29-25(31)22-14-13-20(34-22)18-11-9-17(10-12-18)16-28-24(30)21-8-5-15-33-21/h5,8-15,19,23H,2-4,6-7,16H2,1H3,(H,27,32)(H,28,30)(H,29,31)/t23-/m0/s1. The molecule has 178 valence electrons. The van der Waals surface area contributed by atoms with Crippen LogP contribution in [0.2, 0.25) is 0 Å². The Balaban J connectivity index is 1.37. The number of amides is 3. The molecule has 1 saturated carbocycles. The number of hydrogen-bond donors (Lipinski definition) is 3. The molecule has 1 aliphatic rings. The van der Waals surface area contributed by atoms with Gasteiger partial charge in [0.15, 0.2) is 11.5 Å². The van der Waals surface area contributed by atoms with Crippen molar-refractivity contribution in [1.29, 1.82) is 0 Å². The summed E-state index contributed by atoms with van der Waals surface area (Å²) in [5.74, 6) is 0.247. The molecule has 1 aromatic carbocycles. The molecule has 3 aromatic rings. The predicted molar refractivity (Wildman–Crippen MR) is 126 cm³/mol. The molecule has 3 N–H and O–H groups in total. The fourth-order valence-corrected chi connectivity index (χ4v) is 4.31. The van der Waals surface area contributed by atoms with E-state index in [0.717, 1.165) is 36.8 Å². The Bertz CT molecular complexity index is 1110. The highest BCUT2D eigenvalue weighted by Gasteiger charge is 2.31. The number of rotatable bonds is 8. The van der Waals surface area contributed by atoms with E-state index in [0.29, 0.717) is 12.3 Å². The molecular weight excluding hydrogens is 434 g/mol. The lowest BCUT2D eigenvalue weighted by molar-refractivity contribution is -0.124. The quantitative estimate of drug-likeness (QED) is 0.469. The molecule has 34 heavy (non-hydrogen) atoms. The topological polar surface area (TPSA) is 114 Å². The molecule has 0 bridgehead atoms. The third-order valence-corrected chi connectivity index (χ3v) is 6.20. The van der Waals surface area contributed by atoms with Gasteiger partial charge in [-0.25, -0.2) is 0 Å². The van der Waals surface area contributed by atoms with Crippen molar-refractivity contribution in [2.75, 3.05) is 7.05 Å². The molecule has 8 heteroatoms. The van der Waals surface area contributed by atoms with Crippen molar-refractivity contribution >= 4 is 17.7 Å². The Morgan fingerprint density at radius 3 is 2.38 bits per heavy atom. The summed E-state index contributed by atoms with van der Waals surface area (Å²) in [5, 5.41) is 8.34. The Morgan fingerprint density at radius 2 is 1.71 bits per heavy atom. The van der Waals surface area contributed by atoms with Crippen LogP contribution in [0.4, 0.5) is 0 Å². The molecule has 8 nitrogen and oxygen atoms in total. The first-order valence-electron chi connectivity index (χ1n) is 11.6. The van der Waals surface area contributed by atoms with E-state index < -0.39 is 11.9 Å². The minimum Gasteiger partial charge on any atom is -0.459 e. The molecule has 3 amide bonds. The van der Waals surface area contributed by atoms with Crippen LogP contribution in [0.15, 0.2) is 63.6 Å². The Kier molecular flexibility index (Phi) is 7.47. The zero-order chi connectivity index (χ0) is 23.9. The minimum absolute atomic E-state index is 0.132. The van der Waals surface area contributed by atoms with E-state index in [1.807, 2.05) is 24.3 Å². The lowest BCUT2D eigenvalue weighted by Gasteiger charge is -2.29. The fourth-order valence-electron chi connectivity index (χ4n) is 4.31. The lowest BCUT2D eigenvalue weighted by Crippen LogP contribution is -2.50. The van der Waals surface area contributed by atoms with E-state index in [1.165, 1.54) is 12.7 Å². The normalized spacial score (nSPS) is 14.9. The monoisotopic (exact) mass is 463 g/mol. The number of benzene rings is 1. The zero-order valence-electron chi connectivity index (χ0n) is 19.1. The maximum absolute atomic E-state index is 12.8. The van der Waals surface area contributed by atoms with Crippen molar-refractivity contribution < 1.29 is 23.2 Å². The lowest BCUT2D eigenvalue weighted by atomic mass is 9.83. The second-order valence-corrected chi connectivity index (χ2v) is 8.48. The molecule has 0 unspecified atom stereocenters. The van der Waals surface area contributed by atoms with Crippen LogP contribution in [0.3, 0.4) is 0 Å². The summed E-state index contributed by atoms with van der Waals surface area (Å²) < 4.78 is 10.9. The van der Waals surface area contributed by atoms with Gasteiger partial charge < -0.3 is 24.8 Å². The van der Waals surface area contributed by atoms with Crippen molar-refractivity contribution in [3.63, 3.8) is 0 Å². The van der Waals surface area contributed by atoms with Gasteiger partial charge in [-0.05, 0) is 48.6 Å². The van der Waals surface area contributed by atoms with E-state index in [-0.39, 0.29) is 29.3 Å². The molecule has 0 saturated heterocycles. The molecule has 0 spiro atoms. The number of hydrogen-bond acceptors (Lipinski definition) is 5. The molecular formula is C26H29N3O5. The summed E-state index contributed by atoms with van der Waals surface area (Å²) in [6.07, 6.45) is 6.62. The maximum atomic E-state index is 12.8. The average Bonchev–Trinajstić information content (AvgIpc) is 3.59. The summed E-state index contributed by atoms with van der Waals surface area (Å²) in [6, 6.07) is 13.5. The summed E-state index contributed by atoms with van der Waals surface area (Å²) >= 11 is 0. The van der Waals surface area contributed by atoms with Gasteiger partial charge in [0.1, 0.15) is 11.8 Å². The second kappa shape index (κ2) is 10.9. The van der Waals surface area contributed by atoms with Gasteiger partial charge in [-0.15, -0.1) is 0 Å². The van der Waals surface area contributed by atoms with Crippen molar-refractivity contribution in [1.82, 2.24) is 16.0 Å². The minimum atomic E-state index is -0.568. The van der Waals surface area contributed by atoms with E-state index in [4.69, 9.17) is 8.83 Å². The highest BCUT2D eigenvalue weighted by molar-refractivity contribution is 5.96. The number of carbonyl (C=O) groups excluding carboxylic acids is 3. The van der Waals surface area contributed by atoms with Gasteiger partial charge in [-0.1, -0.05) is 43.5 Å². The number of furan rings is 2. The van der Waals surface area contributed by atoms with Crippen molar-refractivity contribution in [2.45, 2.75) is 44.7 Å². The molecule has 1 fully saturated rings. The highest BCUT2D eigenvalue weighted by atomic mass is 16.4. The van der Waals surface area contributed by atoms with Crippen LogP contribution in [0, 0.1) is 5.92 Å². The van der Waals surface area contributed by atoms with E-state index in [1.54, 1.807) is 31.3 Å². The molecule has 0 radical (unpaired) electrons. The van der Waals surface area contributed by atoms with Gasteiger partial charge in [0, 0.05) is 19.2 Å². The van der Waals surface area contributed by atoms with Crippen LogP contribution >= 0.6 is 0 Å². The van der Waals surface area contributed by atoms with Crippen LogP contribution in [0.1, 0.15) is 58.8 Å². The summed E-state index contributed by atoms with van der Waals surface area (Å²) in [4.78, 5) is 37.2. The zero-order valence-corrected chi connectivity index (χ0v) is 19.1. The van der Waals surface area contributed by atoms with Gasteiger partial charge in [-0.2, -0.15) is 0 Å². The molecule has 2 aromatic heterocycles. The largest absolute Gasteiger partial charge is 0.459 e. The van der Waals surface area contributed by atoms with Gasteiger partial charge in [0.25, 0.3) is 11.8 Å². The van der Waals surface area contributed by atoms with Crippen molar-refractivity contribution in [2.24, 2.45) is 5.92 Å². The van der Waals surface area contributed by atoms with Gasteiger partial charge >= 0.3 is 0 Å². The van der Waals surface area contributed by atoms with E-state index >= 15 is 0 Å². The Labute approximate surface area is 198 Å². The average molecular weight is 464 g/mol. The van der Waals surface area contributed by atoms with Crippen LogP contribution < -0.4 is 16.0 Å². The number of likely N-dealkylation sites (N-methyl/N-ethyl adjacent to an activating group) is 1. The first-order chi connectivity index (χ1) is 16.5. The second-order valence-electron chi connectivity index (χ2n) is 8.48. The fraction of sp³-hybridized carbons (Fsp3) is 0.346. The van der Waals surface area contributed by atoms with E-state index in [2.05, 4.69) is 16.0 Å². The van der Waals surface area contributed by atoms with Crippen LogP contribution in [0.25, 0.3) is 11.3 Å². The maximum Gasteiger partial charge on any atom is 0.287 e. The summed E-state index contributed by atoms with van der Waals surface area (Å²) in [5.41, 5.74) is 1.71. The number of carbonyl (C=O) groups is 3. The SMILES string of the molecule is CNC(=O)[C@@H](NC(=O)c1ccc(-c2ccc(CNC(=O)c3ccco3)cc2)o1)C1CCCCC1. The molecule has 0 aliphatic heterocycles. The van der Waals surface area contributed by atoms with Crippen molar-refractivity contribution in [3.05, 3.63) is 71.9 Å². The third kappa shape index (κ3) is 5.57. The van der Waals surface area contributed by atoms with Gasteiger partial charge in [0.2, 0.25) is 5.91 Å². The first kappa shape index (κ1) is 23.4. The highest BCUT2D eigenvalue weighted by Crippen LogP contribution is 2.27. The Hall–Kier alpha value is -3.81. The first-order valence-corrected chi connectivity index (χ1v) is 11.6. The third-order valence-electron chi connectivity index (χ3n) is 6.20. The number of nitrogens with one attached hydrogen (secondary N) is 3. The van der Waals surface area contributed by atoms with Gasteiger partial charge in [0.05, 0.1) is 6.26 Å². The van der Waals surface area contributed by atoms with Crippen molar-refractivity contribution in [3.8, 4) is 11.3 Å². The van der Waals surface area contributed by atoms with Crippen LogP contribution in [-0.2, 0) is 11.3 Å². The summed E-state index contributed by atoms with van der Waals surface area (Å²) in [7, 11) is 1.58. The van der Waals surface area contributed by atoms with E-state index in [9.17, 15) is 14.4 Å². The smallest absolute Gasteiger partial charge is 0.287 e. The Morgan fingerprint density at radius 1 is 0.941 bits per heavy atom. The molecule has 2 heterocycles. The van der Waals surface area contributed by atoms with Crippen LogP contribution in [0.5, 0.6) is 0 Å². The molecule has 1 aliphatic carbocycles. The molecule has 4 rings (SSSR count).